The first kappa shape index (κ1) is 21.9. The molecule has 9 heteroatoms. The monoisotopic (exact) mass is 479 g/mol. The fourth-order valence-electron chi connectivity index (χ4n) is 3.53. The number of anilines is 1. The lowest BCUT2D eigenvalue weighted by Gasteiger charge is -2.18. The zero-order chi connectivity index (χ0) is 22.4. The van der Waals surface area contributed by atoms with Crippen molar-refractivity contribution < 1.29 is 13.5 Å². The van der Waals surface area contributed by atoms with Crippen LogP contribution in [0.2, 0.25) is 10.0 Å². The number of furan rings is 1. The summed E-state index contributed by atoms with van der Waals surface area (Å²) in [6, 6.07) is 2.64. The minimum Gasteiger partial charge on any atom is -0.478 e. The van der Waals surface area contributed by atoms with Crippen LogP contribution in [0.15, 0.2) is 29.0 Å². The molecule has 4 rings (SSSR count). The number of pyridine rings is 1. The van der Waals surface area contributed by atoms with E-state index in [-0.39, 0.29) is 21.6 Å². The lowest BCUT2D eigenvalue weighted by atomic mass is 10.1. The third-order valence-electron chi connectivity index (χ3n) is 5.36. The first-order chi connectivity index (χ1) is 14.7. The smallest absolute Gasteiger partial charge is 0.205 e. The van der Waals surface area contributed by atoms with E-state index in [1.165, 1.54) is 17.7 Å². The molecule has 0 radical (unpaired) electrons. The lowest BCUT2D eigenvalue weighted by molar-refractivity contribution is 0.227. The van der Waals surface area contributed by atoms with Gasteiger partial charge in [0, 0.05) is 38.6 Å². The summed E-state index contributed by atoms with van der Waals surface area (Å²) in [5, 5.41) is 0.940. The van der Waals surface area contributed by atoms with Gasteiger partial charge in [-0.1, -0.05) is 23.2 Å². The molecule has 0 saturated heterocycles. The summed E-state index contributed by atoms with van der Waals surface area (Å²) >= 11 is 14.0. The summed E-state index contributed by atoms with van der Waals surface area (Å²) in [4.78, 5) is 6.46. The Hall–Kier alpha value is -2.32. The number of benzene rings is 1. The first-order valence-corrected chi connectivity index (χ1v) is 11.1. The highest BCUT2D eigenvalue weighted by molar-refractivity contribution is 7.16. The van der Waals surface area contributed by atoms with Crippen LogP contribution in [0, 0.1) is 19.7 Å². The van der Waals surface area contributed by atoms with Crippen molar-refractivity contribution in [3.63, 3.8) is 0 Å². The Balaban J connectivity index is 1.81. The van der Waals surface area contributed by atoms with Crippen LogP contribution in [0.5, 0.6) is 5.75 Å². The van der Waals surface area contributed by atoms with Crippen molar-refractivity contribution in [3.05, 3.63) is 62.0 Å². The minimum atomic E-state index is -0.700. The third kappa shape index (κ3) is 3.65. The lowest BCUT2D eigenvalue weighted by Crippen LogP contribution is -2.08. The molecule has 0 aliphatic carbocycles. The Kier molecular flexibility index (Phi) is 5.87. The highest BCUT2D eigenvalue weighted by Gasteiger charge is 2.24. The SMILES string of the molecule is Cc1c(CN)sc(-c2coc3c(O[C@H](C)c4c(Cl)ccc(F)c4Cl)c(N)ncc23)c1C. The van der Waals surface area contributed by atoms with Gasteiger partial charge in [0.2, 0.25) is 5.75 Å². The average molecular weight is 480 g/mol. The van der Waals surface area contributed by atoms with Gasteiger partial charge in [-0.2, -0.15) is 0 Å². The number of ether oxygens (including phenoxy) is 1. The van der Waals surface area contributed by atoms with Crippen molar-refractivity contribution in [2.75, 3.05) is 5.73 Å². The first-order valence-electron chi connectivity index (χ1n) is 9.49. The van der Waals surface area contributed by atoms with Crippen LogP contribution in [-0.2, 0) is 6.54 Å². The Morgan fingerprint density at radius 3 is 2.68 bits per heavy atom. The second-order valence-corrected chi connectivity index (χ2v) is 9.08. The molecule has 0 amide bonds. The van der Waals surface area contributed by atoms with Gasteiger partial charge in [-0.3, -0.25) is 0 Å². The van der Waals surface area contributed by atoms with Gasteiger partial charge in [-0.15, -0.1) is 11.3 Å². The summed E-state index contributed by atoms with van der Waals surface area (Å²) in [5.41, 5.74) is 15.9. The maximum Gasteiger partial charge on any atom is 0.205 e. The zero-order valence-corrected chi connectivity index (χ0v) is 19.4. The van der Waals surface area contributed by atoms with E-state index in [1.54, 1.807) is 30.7 Å². The fourth-order valence-corrected chi connectivity index (χ4v) is 5.42. The molecule has 0 aliphatic rings. The molecule has 162 valence electrons. The van der Waals surface area contributed by atoms with Crippen LogP contribution in [-0.4, -0.2) is 4.98 Å². The molecule has 1 atom stereocenters. The molecule has 0 bridgehead atoms. The van der Waals surface area contributed by atoms with E-state index in [4.69, 9.17) is 43.8 Å². The van der Waals surface area contributed by atoms with E-state index in [0.717, 1.165) is 26.3 Å². The van der Waals surface area contributed by atoms with Crippen molar-refractivity contribution in [3.8, 4) is 16.2 Å². The second-order valence-electron chi connectivity index (χ2n) is 7.19. The van der Waals surface area contributed by atoms with Crippen molar-refractivity contribution in [2.45, 2.75) is 33.4 Å². The summed E-state index contributed by atoms with van der Waals surface area (Å²) in [5.74, 6) is -0.191. The Labute approximate surface area is 192 Å². The van der Waals surface area contributed by atoms with E-state index >= 15 is 0 Å². The Morgan fingerprint density at radius 1 is 1.26 bits per heavy atom. The maximum atomic E-state index is 14.0. The van der Waals surface area contributed by atoms with Crippen LogP contribution < -0.4 is 16.2 Å². The number of nitrogens with zero attached hydrogens (tertiary/aromatic N) is 1. The summed E-state index contributed by atoms with van der Waals surface area (Å²) < 4.78 is 25.9. The molecule has 0 saturated carbocycles. The predicted octanol–water partition coefficient (Wildman–Crippen LogP) is 6.80. The fraction of sp³-hybridized carbons (Fsp3) is 0.227. The Bertz CT molecular complexity index is 1300. The quantitative estimate of drug-likeness (QED) is 0.307. The van der Waals surface area contributed by atoms with Gasteiger partial charge in [0.15, 0.2) is 11.4 Å². The van der Waals surface area contributed by atoms with E-state index in [9.17, 15) is 4.39 Å². The number of fused-ring (bicyclic) bond motifs is 1. The normalized spacial score (nSPS) is 12.5. The number of nitrogens with two attached hydrogens (primary N) is 2. The molecule has 0 aliphatic heterocycles. The molecule has 1 aromatic carbocycles. The molecule has 0 fully saturated rings. The van der Waals surface area contributed by atoms with Crippen LogP contribution >= 0.6 is 34.5 Å². The molecule has 4 aromatic rings. The molecule has 4 N–H and O–H groups in total. The maximum absolute atomic E-state index is 14.0. The highest BCUT2D eigenvalue weighted by atomic mass is 35.5. The van der Waals surface area contributed by atoms with Gasteiger partial charge in [0.25, 0.3) is 0 Å². The molecular formula is C22H20Cl2FN3O2S. The van der Waals surface area contributed by atoms with Crippen LogP contribution in [0.25, 0.3) is 21.4 Å². The molecule has 31 heavy (non-hydrogen) atoms. The van der Waals surface area contributed by atoms with E-state index in [1.807, 2.05) is 0 Å². The molecule has 5 nitrogen and oxygen atoms in total. The number of hydrogen-bond donors (Lipinski definition) is 2. The summed E-state index contributed by atoms with van der Waals surface area (Å²) in [6.45, 7) is 6.28. The minimum absolute atomic E-state index is 0.0992. The number of nitrogen functional groups attached to an aromatic ring is 1. The van der Waals surface area contributed by atoms with Crippen molar-refractivity contribution >= 4 is 51.3 Å². The van der Waals surface area contributed by atoms with Gasteiger partial charge in [-0.05, 0) is 44.0 Å². The van der Waals surface area contributed by atoms with Crippen LogP contribution in [0.3, 0.4) is 0 Å². The highest BCUT2D eigenvalue weighted by Crippen LogP contribution is 2.44. The average Bonchev–Trinajstić information content (AvgIpc) is 3.28. The van der Waals surface area contributed by atoms with Gasteiger partial charge < -0.3 is 20.6 Å². The topological polar surface area (TPSA) is 87.3 Å². The van der Waals surface area contributed by atoms with Gasteiger partial charge in [-0.25, -0.2) is 9.37 Å². The van der Waals surface area contributed by atoms with E-state index in [0.29, 0.717) is 17.7 Å². The molecule has 0 unspecified atom stereocenters. The standard InChI is InChI=1S/C22H20Cl2FN3O2S/c1-9-10(2)21(31-16(9)6-26)13-8-29-19-12(13)7-28-22(27)20(19)30-11(3)17-14(23)4-5-15(25)18(17)24/h4-5,7-8,11H,6,26H2,1-3H3,(H2,27,28)/t11-/m1/s1. The number of rotatable bonds is 5. The molecule has 3 aromatic heterocycles. The molecule has 0 spiro atoms. The van der Waals surface area contributed by atoms with E-state index in [2.05, 4.69) is 18.8 Å². The number of halogens is 3. The summed E-state index contributed by atoms with van der Waals surface area (Å²) in [7, 11) is 0. The van der Waals surface area contributed by atoms with Gasteiger partial charge >= 0.3 is 0 Å². The third-order valence-corrected chi connectivity index (χ3v) is 7.52. The summed E-state index contributed by atoms with van der Waals surface area (Å²) in [6.07, 6.45) is 2.61. The number of thiophene rings is 1. The van der Waals surface area contributed by atoms with Gasteiger partial charge in [0.05, 0.1) is 10.4 Å². The van der Waals surface area contributed by atoms with Crippen LogP contribution in [0.4, 0.5) is 10.2 Å². The van der Waals surface area contributed by atoms with E-state index < -0.39 is 11.9 Å². The van der Waals surface area contributed by atoms with Crippen LogP contribution in [0.1, 0.15) is 34.6 Å². The zero-order valence-electron chi connectivity index (χ0n) is 17.1. The second kappa shape index (κ2) is 8.31. The van der Waals surface area contributed by atoms with Crippen molar-refractivity contribution in [2.24, 2.45) is 5.73 Å². The number of hydrogen-bond acceptors (Lipinski definition) is 6. The largest absolute Gasteiger partial charge is 0.478 e. The molecule has 3 heterocycles. The van der Waals surface area contributed by atoms with Crippen molar-refractivity contribution in [1.29, 1.82) is 0 Å². The van der Waals surface area contributed by atoms with Crippen molar-refractivity contribution in [1.82, 2.24) is 4.98 Å². The Morgan fingerprint density at radius 2 is 2.00 bits per heavy atom. The predicted molar refractivity (Wildman–Crippen MR) is 125 cm³/mol. The van der Waals surface area contributed by atoms with Gasteiger partial charge in [0.1, 0.15) is 18.2 Å². The number of aromatic nitrogens is 1. The molecular weight excluding hydrogens is 460 g/mol.